The molecule has 5 rings (SSSR count). The number of aryl methyl sites for hydroxylation is 2. The molecular formula is C26H23ClN2O5S. The molecule has 0 spiro atoms. The van der Waals surface area contributed by atoms with E-state index >= 15 is 0 Å². The number of nitrogens with one attached hydrogen (secondary N) is 1. The molecule has 0 unspecified atom stereocenters. The molecule has 0 aliphatic heterocycles. The molecule has 35 heavy (non-hydrogen) atoms. The predicted octanol–water partition coefficient (Wildman–Crippen LogP) is 5.95. The Hall–Kier alpha value is -3.59. The number of hydrogen-bond acceptors (Lipinski definition) is 5. The van der Waals surface area contributed by atoms with Crippen molar-refractivity contribution in [3.63, 3.8) is 0 Å². The van der Waals surface area contributed by atoms with Crippen molar-refractivity contribution in [1.82, 2.24) is 9.97 Å². The fourth-order valence-electron chi connectivity index (χ4n) is 3.96. The van der Waals surface area contributed by atoms with Crippen LogP contribution in [-0.2, 0) is 16.7 Å². The van der Waals surface area contributed by atoms with Crippen LogP contribution in [0, 0.1) is 13.8 Å². The molecule has 1 heterocycles. The monoisotopic (exact) mass is 510 g/mol. The molecule has 180 valence electrons. The number of rotatable bonds is 5. The maximum Gasteiger partial charge on any atom is 0.294 e. The van der Waals surface area contributed by atoms with Crippen molar-refractivity contribution in [3.05, 3.63) is 83.4 Å². The van der Waals surface area contributed by atoms with Gasteiger partial charge in [0, 0.05) is 11.6 Å². The standard InChI is InChI=1S/C26H22N2O5S.ClH/c1-15-6-7-17(10-16(15)2)14-33-20-5-3-4-19(11-20)26-27-22-9-8-18-12-21(34(30,31)32)13-23(29)24(18)25(22)28-26;/h3-13,29H,14H2,1-2H3,(H,27,28)(H,30,31,32);1H. The highest BCUT2D eigenvalue weighted by Crippen LogP contribution is 2.35. The largest absolute Gasteiger partial charge is 0.507 e. The van der Waals surface area contributed by atoms with Gasteiger partial charge in [0.15, 0.2) is 0 Å². The van der Waals surface area contributed by atoms with Crippen LogP contribution in [0.3, 0.4) is 0 Å². The summed E-state index contributed by atoms with van der Waals surface area (Å²) in [7, 11) is -4.44. The van der Waals surface area contributed by atoms with E-state index in [1.54, 1.807) is 12.1 Å². The summed E-state index contributed by atoms with van der Waals surface area (Å²) in [6.45, 7) is 4.60. The van der Waals surface area contributed by atoms with E-state index in [2.05, 4.69) is 42.0 Å². The lowest BCUT2D eigenvalue weighted by Crippen LogP contribution is -1.97. The van der Waals surface area contributed by atoms with E-state index in [1.807, 2.05) is 24.3 Å². The van der Waals surface area contributed by atoms with Crippen LogP contribution in [0.15, 0.2) is 71.6 Å². The van der Waals surface area contributed by atoms with Gasteiger partial charge in [-0.1, -0.05) is 36.4 Å². The molecule has 0 bridgehead atoms. The molecule has 0 radical (unpaired) electrons. The molecule has 1 aromatic heterocycles. The predicted molar refractivity (Wildman–Crippen MR) is 138 cm³/mol. The number of ether oxygens (including phenoxy) is 1. The van der Waals surface area contributed by atoms with E-state index in [4.69, 9.17) is 4.74 Å². The first-order chi connectivity index (χ1) is 16.2. The number of halogens is 1. The maximum atomic E-state index is 11.5. The third kappa shape index (κ3) is 4.81. The number of nitrogens with zero attached hydrogens (tertiary/aromatic N) is 1. The number of phenolic OH excluding ortho intramolecular Hbond substituents is 1. The van der Waals surface area contributed by atoms with E-state index in [0.717, 1.165) is 17.2 Å². The molecule has 0 aliphatic rings. The number of benzene rings is 4. The minimum absolute atomic E-state index is 0. The van der Waals surface area contributed by atoms with Gasteiger partial charge < -0.3 is 14.8 Å². The van der Waals surface area contributed by atoms with Gasteiger partial charge in [-0.2, -0.15) is 8.42 Å². The molecule has 5 aromatic rings. The minimum Gasteiger partial charge on any atom is -0.507 e. The number of phenols is 1. The Balaban J connectivity index is 0.00000289. The molecule has 0 saturated carbocycles. The van der Waals surface area contributed by atoms with Gasteiger partial charge in [-0.25, -0.2) is 4.98 Å². The smallest absolute Gasteiger partial charge is 0.294 e. The lowest BCUT2D eigenvalue weighted by Gasteiger charge is -2.09. The van der Waals surface area contributed by atoms with Crippen LogP contribution >= 0.6 is 12.4 Å². The highest BCUT2D eigenvalue weighted by molar-refractivity contribution is 7.85. The molecule has 7 nitrogen and oxygen atoms in total. The van der Waals surface area contributed by atoms with Crippen molar-refractivity contribution in [2.45, 2.75) is 25.3 Å². The van der Waals surface area contributed by atoms with Crippen molar-refractivity contribution in [2.75, 3.05) is 0 Å². The fraction of sp³-hybridized carbons (Fsp3) is 0.115. The highest BCUT2D eigenvalue weighted by Gasteiger charge is 2.17. The number of aromatic amines is 1. The van der Waals surface area contributed by atoms with Gasteiger partial charge in [0.1, 0.15) is 29.4 Å². The molecule has 0 amide bonds. The zero-order valence-electron chi connectivity index (χ0n) is 18.9. The van der Waals surface area contributed by atoms with E-state index in [1.165, 1.54) is 17.2 Å². The van der Waals surface area contributed by atoms with Gasteiger partial charge in [0.25, 0.3) is 10.1 Å². The van der Waals surface area contributed by atoms with Crippen LogP contribution < -0.4 is 4.74 Å². The summed E-state index contributed by atoms with van der Waals surface area (Å²) in [5, 5.41) is 11.3. The van der Waals surface area contributed by atoms with Crippen LogP contribution in [0.4, 0.5) is 0 Å². The Bertz CT molecular complexity index is 1680. The highest BCUT2D eigenvalue weighted by atomic mass is 35.5. The van der Waals surface area contributed by atoms with Gasteiger partial charge in [0.05, 0.1) is 15.8 Å². The minimum atomic E-state index is -4.44. The summed E-state index contributed by atoms with van der Waals surface area (Å²) >= 11 is 0. The third-order valence-corrected chi connectivity index (χ3v) is 6.73. The average molecular weight is 511 g/mol. The van der Waals surface area contributed by atoms with Crippen molar-refractivity contribution in [2.24, 2.45) is 0 Å². The first-order valence-corrected chi connectivity index (χ1v) is 12.1. The van der Waals surface area contributed by atoms with Gasteiger partial charge in [-0.3, -0.25) is 4.55 Å². The Morgan fingerprint density at radius 3 is 2.51 bits per heavy atom. The second-order valence-electron chi connectivity index (χ2n) is 8.30. The summed E-state index contributed by atoms with van der Waals surface area (Å²) < 4.78 is 38.3. The third-order valence-electron chi connectivity index (χ3n) is 5.90. The molecule has 0 saturated heterocycles. The van der Waals surface area contributed by atoms with Crippen LogP contribution in [0.5, 0.6) is 11.5 Å². The summed E-state index contributed by atoms with van der Waals surface area (Å²) in [6, 6.07) is 19.5. The Labute approximate surface area is 208 Å². The number of H-pyrrole nitrogens is 1. The van der Waals surface area contributed by atoms with Crippen LogP contribution in [0.1, 0.15) is 16.7 Å². The van der Waals surface area contributed by atoms with Crippen molar-refractivity contribution in [1.29, 1.82) is 0 Å². The van der Waals surface area contributed by atoms with E-state index in [-0.39, 0.29) is 23.1 Å². The van der Waals surface area contributed by atoms with Crippen molar-refractivity contribution < 1.29 is 22.8 Å². The maximum absolute atomic E-state index is 11.5. The summed E-state index contributed by atoms with van der Waals surface area (Å²) in [4.78, 5) is 7.53. The lowest BCUT2D eigenvalue weighted by molar-refractivity contribution is 0.306. The number of fused-ring (bicyclic) bond motifs is 3. The molecule has 0 aliphatic carbocycles. The van der Waals surface area contributed by atoms with Crippen LogP contribution in [-0.4, -0.2) is 28.0 Å². The Kier molecular flexibility index (Phi) is 6.46. The van der Waals surface area contributed by atoms with E-state index < -0.39 is 10.1 Å². The molecule has 0 atom stereocenters. The van der Waals surface area contributed by atoms with E-state index in [0.29, 0.717) is 40.0 Å². The van der Waals surface area contributed by atoms with E-state index in [9.17, 15) is 18.1 Å². The van der Waals surface area contributed by atoms with Gasteiger partial charge >= 0.3 is 0 Å². The number of hydrogen-bond donors (Lipinski definition) is 3. The van der Waals surface area contributed by atoms with Gasteiger partial charge in [0.2, 0.25) is 0 Å². The van der Waals surface area contributed by atoms with Crippen LogP contribution in [0.2, 0.25) is 0 Å². The first kappa shape index (κ1) is 24.5. The fourth-order valence-corrected chi connectivity index (χ4v) is 4.50. The average Bonchev–Trinajstić information content (AvgIpc) is 3.24. The second-order valence-corrected chi connectivity index (χ2v) is 9.72. The summed E-state index contributed by atoms with van der Waals surface area (Å²) in [5.74, 6) is 0.998. The topological polar surface area (TPSA) is 113 Å². The van der Waals surface area contributed by atoms with Gasteiger partial charge in [-0.15, -0.1) is 12.4 Å². The Morgan fingerprint density at radius 2 is 1.77 bits per heavy atom. The molecular weight excluding hydrogens is 488 g/mol. The SMILES string of the molecule is Cc1ccc(COc2cccc(-c3nc4c(ccc5cc(S(=O)(=O)O)cc(O)c54)[nH]3)c2)cc1C.Cl. The molecule has 4 aromatic carbocycles. The quantitative estimate of drug-likeness (QED) is 0.252. The van der Waals surface area contributed by atoms with Crippen molar-refractivity contribution >= 4 is 44.3 Å². The second kappa shape index (κ2) is 9.22. The normalized spacial score (nSPS) is 11.5. The summed E-state index contributed by atoms with van der Waals surface area (Å²) in [5.41, 5.74) is 5.52. The van der Waals surface area contributed by atoms with Crippen LogP contribution in [0.25, 0.3) is 33.2 Å². The van der Waals surface area contributed by atoms with Gasteiger partial charge in [-0.05, 0) is 60.2 Å². The number of aromatic nitrogens is 2. The molecule has 0 fully saturated rings. The number of imidazole rings is 1. The Morgan fingerprint density at radius 1 is 0.971 bits per heavy atom. The van der Waals surface area contributed by atoms with Crippen molar-refractivity contribution in [3.8, 4) is 22.9 Å². The first-order valence-electron chi connectivity index (χ1n) is 10.6. The molecule has 9 heteroatoms. The zero-order chi connectivity index (χ0) is 24.0. The lowest BCUT2D eigenvalue weighted by atomic mass is 10.1. The zero-order valence-corrected chi connectivity index (χ0v) is 20.6. The number of aromatic hydroxyl groups is 1. The molecule has 3 N–H and O–H groups in total. The summed E-state index contributed by atoms with van der Waals surface area (Å²) in [6.07, 6.45) is 0.